The SMILES string of the molecule is Clc1ccc2c(c1)C(c1ccccc1)(c1ccccc1)c1c(Br)cc(-c3ccccc3)cc1-2. The van der Waals surface area contributed by atoms with Crippen LogP contribution in [0.15, 0.2) is 126 Å². The van der Waals surface area contributed by atoms with Crippen molar-refractivity contribution in [2.75, 3.05) is 0 Å². The smallest absolute Gasteiger partial charge is 0.0725 e. The number of hydrogen-bond acceptors (Lipinski definition) is 0. The largest absolute Gasteiger partial charge is 0.0843 e. The minimum Gasteiger partial charge on any atom is -0.0843 e. The minimum atomic E-state index is -0.466. The molecule has 6 rings (SSSR count). The molecule has 1 aliphatic carbocycles. The van der Waals surface area contributed by atoms with E-state index >= 15 is 0 Å². The molecule has 0 saturated heterocycles. The number of fused-ring (bicyclic) bond motifs is 3. The van der Waals surface area contributed by atoms with Gasteiger partial charge in [-0.1, -0.05) is 125 Å². The standard InChI is InChI=1S/C31H20BrCl/c32-29-19-22(21-10-4-1-5-11-21)18-27-26-17-16-25(33)20-28(26)31(30(27)29,23-12-6-2-7-13-23)24-14-8-3-9-15-24/h1-20H. The predicted molar refractivity (Wildman–Crippen MR) is 142 cm³/mol. The molecule has 5 aromatic rings. The summed E-state index contributed by atoms with van der Waals surface area (Å²) in [6.07, 6.45) is 0. The maximum atomic E-state index is 6.62. The van der Waals surface area contributed by atoms with Crippen molar-refractivity contribution < 1.29 is 0 Å². The number of hydrogen-bond donors (Lipinski definition) is 0. The van der Waals surface area contributed by atoms with Crippen LogP contribution in [0.3, 0.4) is 0 Å². The summed E-state index contributed by atoms with van der Waals surface area (Å²) in [5.41, 5.74) is 9.32. The molecule has 0 spiro atoms. The molecule has 0 saturated carbocycles. The fourth-order valence-corrected chi connectivity index (χ4v) is 6.27. The van der Waals surface area contributed by atoms with E-state index in [9.17, 15) is 0 Å². The molecule has 0 unspecified atom stereocenters. The van der Waals surface area contributed by atoms with E-state index in [1.54, 1.807) is 0 Å². The highest BCUT2D eigenvalue weighted by atomic mass is 79.9. The van der Waals surface area contributed by atoms with Crippen LogP contribution in [0.1, 0.15) is 22.3 Å². The van der Waals surface area contributed by atoms with E-state index in [2.05, 4.69) is 131 Å². The van der Waals surface area contributed by atoms with E-state index in [4.69, 9.17) is 11.6 Å². The van der Waals surface area contributed by atoms with Crippen LogP contribution in [-0.2, 0) is 5.41 Å². The summed E-state index contributed by atoms with van der Waals surface area (Å²) in [7, 11) is 0. The first-order valence-corrected chi connectivity index (χ1v) is 12.2. The van der Waals surface area contributed by atoms with Crippen LogP contribution in [0.25, 0.3) is 22.3 Å². The highest BCUT2D eigenvalue weighted by molar-refractivity contribution is 9.10. The van der Waals surface area contributed by atoms with Gasteiger partial charge in [0.05, 0.1) is 5.41 Å². The van der Waals surface area contributed by atoms with Crippen molar-refractivity contribution in [2.24, 2.45) is 0 Å². The van der Waals surface area contributed by atoms with Crippen molar-refractivity contribution in [3.05, 3.63) is 153 Å². The second-order valence-corrected chi connectivity index (χ2v) is 9.71. The molecule has 1 aliphatic rings. The Morgan fingerprint density at radius 2 is 1.12 bits per heavy atom. The first-order valence-electron chi connectivity index (χ1n) is 11.0. The van der Waals surface area contributed by atoms with Crippen LogP contribution in [0, 0.1) is 0 Å². The Morgan fingerprint density at radius 1 is 0.545 bits per heavy atom. The molecule has 0 radical (unpaired) electrons. The monoisotopic (exact) mass is 506 g/mol. The Hall–Kier alpha value is -3.13. The molecular formula is C31H20BrCl. The molecule has 0 atom stereocenters. The number of benzene rings is 5. The van der Waals surface area contributed by atoms with Gasteiger partial charge >= 0.3 is 0 Å². The molecule has 0 amide bonds. The van der Waals surface area contributed by atoms with Crippen LogP contribution in [0.2, 0.25) is 5.02 Å². The van der Waals surface area contributed by atoms with E-state index in [-0.39, 0.29) is 0 Å². The molecule has 33 heavy (non-hydrogen) atoms. The first kappa shape index (κ1) is 20.5. The number of rotatable bonds is 3. The molecule has 0 heterocycles. The maximum Gasteiger partial charge on any atom is 0.0725 e. The summed E-state index contributed by atoms with van der Waals surface area (Å²) in [6.45, 7) is 0. The fraction of sp³-hybridized carbons (Fsp3) is 0.0323. The normalized spacial score (nSPS) is 13.4. The molecule has 2 heteroatoms. The highest BCUT2D eigenvalue weighted by Crippen LogP contribution is 2.59. The van der Waals surface area contributed by atoms with Gasteiger partial charge in [-0.3, -0.25) is 0 Å². The molecular weight excluding hydrogens is 488 g/mol. The molecule has 0 aromatic heterocycles. The maximum absolute atomic E-state index is 6.62. The lowest BCUT2D eigenvalue weighted by molar-refractivity contribution is 0.764. The molecule has 158 valence electrons. The van der Waals surface area contributed by atoms with Crippen molar-refractivity contribution >= 4 is 27.5 Å². The molecule has 0 fully saturated rings. The third-order valence-corrected chi connectivity index (χ3v) is 7.52. The lowest BCUT2D eigenvalue weighted by Gasteiger charge is -2.34. The van der Waals surface area contributed by atoms with Crippen molar-refractivity contribution in [1.82, 2.24) is 0 Å². The van der Waals surface area contributed by atoms with E-state index in [1.165, 1.54) is 44.5 Å². The van der Waals surface area contributed by atoms with Gasteiger partial charge in [0.25, 0.3) is 0 Å². The zero-order valence-corrected chi connectivity index (χ0v) is 20.1. The van der Waals surface area contributed by atoms with E-state index in [1.807, 2.05) is 6.07 Å². The second-order valence-electron chi connectivity index (χ2n) is 8.42. The van der Waals surface area contributed by atoms with Crippen molar-refractivity contribution in [3.8, 4) is 22.3 Å². The van der Waals surface area contributed by atoms with Crippen molar-refractivity contribution in [3.63, 3.8) is 0 Å². The van der Waals surface area contributed by atoms with Crippen molar-refractivity contribution in [2.45, 2.75) is 5.41 Å². The Kier molecular flexibility index (Phi) is 4.98. The highest BCUT2D eigenvalue weighted by Gasteiger charge is 2.47. The Bertz CT molecular complexity index is 1420. The van der Waals surface area contributed by atoms with Crippen LogP contribution in [-0.4, -0.2) is 0 Å². The predicted octanol–water partition coefficient (Wildman–Crippen LogP) is 9.13. The van der Waals surface area contributed by atoms with Crippen LogP contribution in [0.5, 0.6) is 0 Å². The third-order valence-electron chi connectivity index (χ3n) is 6.66. The minimum absolute atomic E-state index is 0.466. The summed E-state index contributed by atoms with van der Waals surface area (Å²) in [5.74, 6) is 0. The second kappa shape index (κ2) is 8.02. The lowest BCUT2D eigenvalue weighted by Crippen LogP contribution is -2.29. The summed E-state index contributed by atoms with van der Waals surface area (Å²) >= 11 is 10.6. The Balaban J connectivity index is 1.77. The first-order chi connectivity index (χ1) is 16.2. The summed E-state index contributed by atoms with van der Waals surface area (Å²) in [5, 5.41) is 0.747. The van der Waals surface area contributed by atoms with E-state index in [0.717, 1.165) is 9.50 Å². The van der Waals surface area contributed by atoms with Gasteiger partial charge < -0.3 is 0 Å². The van der Waals surface area contributed by atoms with E-state index in [0.29, 0.717) is 0 Å². The van der Waals surface area contributed by atoms with Gasteiger partial charge in [0, 0.05) is 9.50 Å². The summed E-state index contributed by atoms with van der Waals surface area (Å²) in [4.78, 5) is 0. The third kappa shape index (κ3) is 3.11. The van der Waals surface area contributed by atoms with Gasteiger partial charge in [-0.25, -0.2) is 0 Å². The van der Waals surface area contributed by atoms with Gasteiger partial charge in [-0.2, -0.15) is 0 Å². The van der Waals surface area contributed by atoms with Crippen LogP contribution in [0.4, 0.5) is 0 Å². The quantitative estimate of drug-likeness (QED) is 0.224. The summed E-state index contributed by atoms with van der Waals surface area (Å²) in [6, 6.07) is 43.0. The molecule has 0 bridgehead atoms. The van der Waals surface area contributed by atoms with Gasteiger partial charge in [-0.15, -0.1) is 0 Å². The topological polar surface area (TPSA) is 0 Å². The summed E-state index contributed by atoms with van der Waals surface area (Å²) < 4.78 is 1.10. The van der Waals surface area contributed by atoms with Gasteiger partial charge in [0.15, 0.2) is 0 Å². The average molecular weight is 508 g/mol. The van der Waals surface area contributed by atoms with Gasteiger partial charge in [0.2, 0.25) is 0 Å². The van der Waals surface area contributed by atoms with Gasteiger partial charge in [0.1, 0.15) is 0 Å². The number of halogens is 2. The van der Waals surface area contributed by atoms with E-state index < -0.39 is 5.41 Å². The fourth-order valence-electron chi connectivity index (χ4n) is 5.34. The Labute approximate surface area is 207 Å². The average Bonchev–Trinajstić information content (AvgIpc) is 3.16. The van der Waals surface area contributed by atoms with Gasteiger partial charge in [-0.05, 0) is 68.8 Å². The zero-order valence-electron chi connectivity index (χ0n) is 17.8. The molecule has 0 N–H and O–H groups in total. The van der Waals surface area contributed by atoms with Crippen LogP contribution >= 0.6 is 27.5 Å². The zero-order chi connectivity index (χ0) is 22.4. The Morgan fingerprint density at radius 3 is 1.73 bits per heavy atom. The van der Waals surface area contributed by atoms with Crippen molar-refractivity contribution in [1.29, 1.82) is 0 Å². The molecule has 0 nitrogen and oxygen atoms in total. The van der Waals surface area contributed by atoms with Crippen LogP contribution < -0.4 is 0 Å². The molecule has 5 aromatic carbocycles. The molecule has 0 aliphatic heterocycles. The lowest BCUT2D eigenvalue weighted by atomic mass is 9.67.